The number of carboxylic acids is 12. The molecule has 4 aromatic rings. The van der Waals surface area contributed by atoms with E-state index < -0.39 is 248 Å². The molecule has 0 radical (unpaired) electrons. The number of benzene rings is 2. The second-order valence-corrected chi connectivity index (χ2v) is 34.4. The Kier molecular flexibility index (Phi) is 47.8. The lowest BCUT2D eigenvalue weighted by Crippen LogP contribution is -2.52. The SMILES string of the molecule is CNC(=O)[C@H](Cc1cnc[nH]1)NC(=O)C(=Cc1c[nH]c2ccccc12)NC(=S)Nc1ccc(C[C@@H](CN(CCNC(=O)CC[C@@H](C(=O)O)N2CCN(CC(=O)O)CCN(CC(=O)O)CCN(CC(=O)O)CC2)C(=O)CC[C@@H](C(=O)O)N2CCN(CC(=O)O)CCN(CC(=O)O)CCN(CC(=O)O)CC2)NC(=O)CC[C@@H](C(=O)O)N2CCN(CC(=O)O)CCN(CC(=O)O)CCN(CC(=O)O)CC2)cc1. The smallest absolute Gasteiger partial charge is 0.320 e. The number of imidazole rings is 1. The van der Waals surface area contributed by atoms with Crippen LogP contribution in [0, 0.1) is 0 Å². The Morgan fingerprint density at radius 3 is 1.15 bits per heavy atom. The van der Waals surface area contributed by atoms with Crippen molar-refractivity contribution >= 4 is 141 Å². The summed E-state index contributed by atoms with van der Waals surface area (Å²) in [7, 11) is 1.40. The van der Waals surface area contributed by atoms with Crippen LogP contribution in [0.1, 0.15) is 55.3 Å². The number of nitrogens with one attached hydrogen (secondary N) is 8. The predicted octanol–water partition coefficient (Wildman–Crippen LogP) is -5.21. The van der Waals surface area contributed by atoms with Crippen LogP contribution in [0.15, 0.2) is 72.9 Å². The van der Waals surface area contributed by atoms with Gasteiger partial charge in [0.2, 0.25) is 23.6 Å². The van der Waals surface area contributed by atoms with Gasteiger partial charge in [-0.3, -0.25) is 140 Å². The van der Waals surface area contributed by atoms with Gasteiger partial charge in [0.15, 0.2) is 5.11 Å². The van der Waals surface area contributed by atoms with E-state index in [1.807, 2.05) is 18.2 Å². The highest BCUT2D eigenvalue weighted by Crippen LogP contribution is 2.23. The highest BCUT2D eigenvalue weighted by Gasteiger charge is 2.36. The molecule has 51 nitrogen and oxygen atoms in total. The second kappa shape index (κ2) is 58.8. The van der Waals surface area contributed by atoms with Gasteiger partial charge in [0.25, 0.3) is 5.91 Å². The number of carbonyl (C=O) groups is 17. The molecule has 0 spiro atoms. The van der Waals surface area contributed by atoms with Crippen molar-refractivity contribution in [2.75, 3.05) is 248 Å². The highest BCUT2D eigenvalue weighted by molar-refractivity contribution is 7.80. The fourth-order valence-electron chi connectivity index (χ4n) is 16.6. The standard InChI is InChI=1S/C87H128N22O29S/c1-88-82(131)66(44-61-46-89-57-92-61)95-83(132)65(43-59-45-91-64-5-3-2-4-63(59)64)96-87(139)94-60-8-6-58(7-9-60)42-62(93-71(111)14-11-68(85(135)136)107-38-32-102(53-78(123)124)26-20-98(49-74(115)116)21-27-103(33-39-107)54-79(125)126)47-109(72(112)15-12-69(86(137)138)108-40-34-104(55-80(127)128)28-22-99(50-75(117)118)23-29-105(35-41-108)56-81(129)130)17-16-90-70(110)13-10-67(84(133)134)106-36-30-100(51-76(119)120)24-18-97(48-73(113)114)19-25-101(31-37-106)52-77(121)122/h2-9,43,45-46,57,62,66-69,91H,10-42,44,47-56H2,1H3,(H,88,131)(H,89,92)(H,90,110)(H,93,111)(H,95,132)(H,113,114)(H,115,116)(H,117,118)(H,119,120)(H,121,122)(H,123,124)(H,125,126)(H,127,128)(H,129,130)(H,133,134)(H,135,136)(H,137,138)(H2,94,96,139)/t62-,66-,67-,68-,69-/m0/s1. The number of hydrogen-bond acceptors (Lipinski definition) is 31. The van der Waals surface area contributed by atoms with Crippen LogP contribution >= 0.6 is 12.2 Å². The van der Waals surface area contributed by atoms with Gasteiger partial charge < -0.3 is 108 Å². The molecule has 0 unspecified atom stereocenters. The van der Waals surface area contributed by atoms with Crippen LogP contribution in [0.5, 0.6) is 0 Å². The zero-order valence-corrected chi connectivity index (χ0v) is 78.2. The van der Waals surface area contributed by atoms with Gasteiger partial charge in [-0.1, -0.05) is 30.3 Å². The van der Waals surface area contributed by atoms with E-state index >= 15 is 9.59 Å². The molecule has 5 heterocycles. The normalized spacial score (nSPS) is 17.7. The third-order valence-corrected chi connectivity index (χ3v) is 24.0. The number of likely N-dealkylation sites (N-methyl/N-ethyl adjacent to an activating group) is 1. The molecule has 139 heavy (non-hydrogen) atoms. The largest absolute Gasteiger partial charge is 0.480 e. The molecule has 0 bridgehead atoms. The minimum atomic E-state index is -1.58. The van der Waals surface area contributed by atoms with Gasteiger partial charge in [0.1, 0.15) is 29.9 Å². The zero-order valence-electron chi connectivity index (χ0n) is 77.4. The lowest BCUT2D eigenvalue weighted by molar-refractivity contribution is -0.146. The molecule has 0 aliphatic carbocycles. The molecule has 52 heteroatoms. The van der Waals surface area contributed by atoms with Crippen molar-refractivity contribution in [3.8, 4) is 0 Å². The number of hydrogen-bond donors (Lipinski definition) is 20. The number of aliphatic carboxylic acids is 12. The Labute approximate surface area is 805 Å². The molecule has 0 saturated carbocycles. The van der Waals surface area contributed by atoms with E-state index in [9.17, 15) is 133 Å². The maximum absolute atomic E-state index is 15.6. The maximum Gasteiger partial charge on any atom is 0.320 e. The van der Waals surface area contributed by atoms with Gasteiger partial charge >= 0.3 is 71.6 Å². The molecule has 3 aliphatic heterocycles. The maximum atomic E-state index is 15.6. The van der Waals surface area contributed by atoms with Crippen LogP contribution < -0.4 is 31.9 Å². The number of nitrogens with zero attached hydrogens (tertiary/aromatic N) is 14. The first-order valence-corrected chi connectivity index (χ1v) is 45.7. The molecule has 766 valence electrons. The molecule has 3 aliphatic rings. The van der Waals surface area contributed by atoms with Gasteiger partial charge in [-0.05, 0) is 67.7 Å². The molecular weight excluding hydrogens is 1850 g/mol. The fraction of sp³-hybridized carbons (Fsp3) is 0.575. The summed E-state index contributed by atoms with van der Waals surface area (Å²) in [6.45, 7) is -7.65. The monoisotopic (exact) mass is 1980 g/mol. The van der Waals surface area contributed by atoms with E-state index in [0.717, 1.165) is 10.9 Å². The first kappa shape index (κ1) is 113. The van der Waals surface area contributed by atoms with Gasteiger partial charge in [-0.2, -0.15) is 0 Å². The van der Waals surface area contributed by atoms with Gasteiger partial charge in [0.05, 0.1) is 71.3 Å². The van der Waals surface area contributed by atoms with Gasteiger partial charge in [0, 0.05) is 250 Å². The van der Waals surface area contributed by atoms with Crippen molar-refractivity contribution in [2.45, 2.75) is 81.6 Å². The first-order valence-electron chi connectivity index (χ1n) is 45.3. The number of fused-ring (bicyclic) bond motifs is 1. The molecular formula is C87H128N22O29S. The predicted molar refractivity (Wildman–Crippen MR) is 499 cm³/mol. The molecule has 2 aromatic carbocycles. The Bertz CT molecular complexity index is 4750. The van der Waals surface area contributed by atoms with Crippen LogP contribution in [0.3, 0.4) is 0 Å². The van der Waals surface area contributed by atoms with Crippen LogP contribution in [0.4, 0.5) is 5.69 Å². The van der Waals surface area contributed by atoms with Crippen molar-refractivity contribution in [3.05, 3.63) is 89.8 Å². The number of aromatic nitrogens is 3. The third-order valence-electron chi connectivity index (χ3n) is 23.8. The summed E-state index contributed by atoms with van der Waals surface area (Å²) < 4.78 is 0. The summed E-state index contributed by atoms with van der Waals surface area (Å²) in [6, 6.07) is 6.66. The Balaban J connectivity index is 1.26. The number of aromatic amines is 2. The van der Waals surface area contributed by atoms with Gasteiger partial charge in [-0.15, -0.1) is 0 Å². The lowest BCUT2D eigenvalue weighted by Gasteiger charge is -2.35. The van der Waals surface area contributed by atoms with Crippen molar-refractivity contribution < 1.29 is 143 Å². The summed E-state index contributed by atoms with van der Waals surface area (Å²) in [6.07, 6.45) is 2.81. The van der Waals surface area contributed by atoms with Crippen molar-refractivity contribution in [1.29, 1.82) is 0 Å². The van der Waals surface area contributed by atoms with Crippen LogP contribution in [0.25, 0.3) is 17.0 Å². The van der Waals surface area contributed by atoms with E-state index in [0.29, 0.717) is 22.5 Å². The highest BCUT2D eigenvalue weighted by atomic mass is 32.1. The summed E-state index contributed by atoms with van der Waals surface area (Å²) in [4.78, 5) is 252. The van der Waals surface area contributed by atoms with E-state index in [-0.39, 0.29) is 181 Å². The molecule has 5 amide bonds. The van der Waals surface area contributed by atoms with E-state index in [2.05, 4.69) is 46.9 Å². The van der Waals surface area contributed by atoms with Crippen molar-refractivity contribution in [3.63, 3.8) is 0 Å². The number of thiocarbonyl (C=S) groups is 1. The van der Waals surface area contributed by atoms with Crippen LogP contribution in [0.2, 0.25) is 0 Å². The second-order valence-electron chi connectivity index (χ2n) is 34.0. The fourth-order valence-corrected chi connectivity index (χ4v) is 16.8. The minimum absolute atomic E-state index is 0.00218. The topological polar surface area (TPSA) is 692 Å². The summed E-state index contributed by atoms with van der Waals surface area (Å²) in [5, 5.41) is 140. The van der Waals surface area contributed by atoms with Crippen LogP contribution in [-0.4, -0.2) is 519 Å². The molecule has 7 rings (SSSR count). The number of carboxylic acid groups (broad SMARTS) is 12. The summed E-state index contributed by atoms with van der Waals surface area (Å²) in [5.74, 6) is -19.2. The Morgan fingerprint density at radius 1 is 0.439 bits per heavy atom. The summed E-state index contributed by atoms with van der Waals surface area (Å²) >= 11 is 5.84. The molecule has 3 fully saturated rings. The number of H-pyrrole nitrogens is 2. The third kappa shape index (κ3) is 42.6. The average molecular weight is 1980 g/mol. The number of carbonyl (C=O) groups excluding carboxylic acids is 5. The number of anilines is 1. The number of para-hydroxylation sites is 1. The quantitative estimate of drug-likeness (QED) is 0.0145. The Morgan fingerprint density at radius 2 is 0.799 bits per heavy atom. The molecule has 5 atom stereocenters. The van der Waals surface area contributed by atoms with Crippen molar-refractivity contribution in [2.24, 2.45) is 0 Å². The minimum Gasteiger partial charge on any atom is -0.480 e. The number of rotatable bonds is 49. The zero-order chi connectivity index (χ0) is 102. The van der Waals surface area contributed by atoms with E-state index in [1.54, 1.807) is 36.5 Å². The first-order chi connectivity index (χ1) is 66.1. The van der Waals surface area contributed by atoms with E-state index in [1.165, 1.54) is 89.3 Å². The Hall–Kier alpha value is -12.9. The van der Waals surface area contributed by atoms with Crippen LogP contribution in [-0.2, 0) is 94.3 Å². The molecule has 3 saturated heterocycles. The van der Waals surface area contributed by atoms with Crippen molar-refractivity contribution in [1.82, 2.24) is 105 Å². The number of amides is 5. The summed E-state index contributed by atoms with van der Waals surface area (Å²) in [5.41, 5.74) is 2.44. The molecule has 2 aromatic heterocycles. The lowest BCUT2D eigenvalue weighted by atomic mass is 10.0. The average Bonchev–Trinajstić information content (AvgIpc) is 1.16. The molecule has 20 N–H and O–H groups in total. The van der Waals surface area contributed by atoms with Gasteiger partial charge in [-0.25, -0.2) is 4.98 Å². The van der Waals surface area contributed by atoms with E-state index in [4.69, 9.17) is 12.2 Å².